The summed E-state index contributed by atoms with van der Waals surface area (Å²) in [6.07, 6.45) is 2.19. The van der Waals surface area contributed by atoms with Crippen molar-refractivity contribution in [1.29, 1.82) is 0 Å². The molecular formula is C17H22FNOS. The molecule has 1 aromatic carbocycles. The molecule has 0 aliphatic heterocycles. The van der Waals surface area contributed by atoms with E-state index in [4.69, 9.17) is 4.74 Å². The molecule has 2 nitrogen and oxygen atoms in total. The van der Waals surface area contributed by atoms with Gasteiger partial charge in [0.05, 0.1) is 6.61 Å². The molecule has 0 saturated heterocycles. The Bertz CT molecular complexity index is 536. The van der Waals surface area contributed by atoms with E-state index in [0.29, 0.717) is 18.2 Å². The van der Waals surface area contributed by atoms with Crippen molar-refractivity contribution in [3.05, 3.63) is 47.1 Å². The summed E-state index contributed by atoms with van der Waals surface area (Å²) in [6, 6.07) is 9.57. The molecule has 0 spiro atoms. The van der Waals surface area contributed by atoms with Gasteiger partial charge in [-0.3, -0.25) is 0 Å². The number of hydrogen-bond acceptors (Lipinski definition) is 3. The van der Waals surface area contributed by atoms with Crippen LogP contribution in [0.5, 0.6) is 0 Å². The largest absolute Gasteiger partial charge is 0.383 e. The van der Waals surface area contributed by atoms with Gasteiger partial charge >= 0.3 is 0 Å². The van der Waals surface area contributed by atoms with Crippen LogP contribution in [0.1, 0.15) is 25.3 Å². The van der Waals surface area contributed by atoms with Crippen LogP contribution in [0, 0.1) is 5.82 Å². The third-order valence-electron chi connectivity index (χ3n) is 3.42. The van der Waals surface area contributed by atoms with Gasteiger partial charge in [-0.05, 0) is 35.6 Å². The van der Waals surface area contributed by atoms with E-state index in [-0.39, 0.29) is 5.82 Å². The Labute approximate surface area is 130 Å². The van der Waals surface area contributed by atoms with Gasteiger partial charge in [-0.1, -0.05) is 25.5 Å². The van der Waals surface area contributed by atoms with Crippen molar-refractivity contribution in [2.45, 2.75) is 32.4 Å². The molecule has 0 saturated carbocycles. The highest BCUT2D eigenvalue weighted by atomic mass is 32.1. The minimum Gasteiger partial charge on any atom is -0.383 e. The molecule has 4 heteroatoms. The minimum atomic E-state index is -0.164. The molecule has 2 aromatic rings. The first kappa shape index (κ1) is 16.1. The maximum absolute atomic E-state index is 13.9. The molecule has 0 bridgehead atoms. The molecule has 114 valence electrons. The Kier molecular flexibility index (Phi) is 6.36. The second kappa shape index (κ2) is 8.27. The van der Waals surface area contributed by atoms with Crippen LogP contribution >= 0.6 is 11.3 Å². The van der Waals surface area contributed by atoms with E-state index < -0.39 is 0 Å². The standard InChI is InChI=1S/C17H22FNOS/c1-3-5-14(12-20-2)19-11-13-7-8-16(18)15(10-13)17-6-4-9-21-17/h4,6-10,14,19H,3,5,11-12H2,1-2H3. The lowest BCUT2D eigenvalue weighted by Crippen LogP contribution is -2.32. The van der Waals surface area contributed by atoms with Crippen LogP contribution in [0.15, 0.2) is 35.7 Å². The predicted octanol–water partition coefficient (Wildman–Crippen LogP) is 4.46. The molecule has 0 fully saturated rings. The first-order valence-electron chi connectivity index (χ1n) is 7.29. The maximum Gasteiger partial charge on any atom is 0.131 e. The summed E-state index contributed by atoms with van der Waals surface area (Å²) >= 11 is 1.56. The van der Waals surface area contributed by atoms with Crippen molar-refractivity contribution in [2.24, 2.45) is 0 Å². The van der Waals surface area contributed by atoms with E-state index in [1.54, 1.807) is 24.5 Å². The molecular weight excluding hydrogens is 285 g/mol. The Morgan fingerprint density at radius 2 is 2.19 bits per heavy atom. The van der Waals surface area contributed by atoms with E-state index in [2.05, 4.69) is 12.2 Å². The first-order valence-corrected chi connectivity index (χ1v) is 8.17. The SMILES string of the molecule is CCCC(COC)NCc1ccc(F)c(-c2cccs2)c1. The van der Waals surface area contributed by atoms with E-state index in [9.17, 15) is 4.39 Å². The summed E-state index contributed by atoms with van der Waals surface area (Å²) < 4.78 is 19.2. The fourth-order valence-electron chi connectivity index (χ4n) is 2.36. The fourth-order valence-corrected chi connectivity index (χ4v) is 3.10. The van der Waals surface area contributed by atoms with Crippen LogP contribution in [0.4, 0.5) is 4.39 Å². The molecule has 2 rings (SSSR count). The lowest BCUT2D eigenvalue weighted by atomic mass is 10.1. The van der Waals surface area contributed by atoms with Crippen LogP contribution in [-0.2, 0) is 11.3 Å². The maximum atomic E-state index is 13.9. The van der Waals surface area contributed by atoms with Gasteiger partial charge in [-0.2, -0.15) is 0 Å². The average molecular weight is 307 g/mol. The van der Waals surface area contributed by atoms with Crippen LogP contribution in [0.3, 0.4) is 0 Å². The first-order chi connectivity index (χ1) is 10.2. The normalized spacial score (nSPS) is 12.5. The number of nitrogens with one attached hydrogen (secondary N) is 1. The summed E-state index contributed by atoms with van der Waals surface area (Å²) in [7, 11) is 1.72. The third kappa shape index (κ3) is 4.63. The number of methoxy groups -OCH3 is 1. The summed E-state index contributed by atoms with van der Waals surface area (Å²) in [6.45, 7) is 3.59. The predicted molar refractivity (Wildman–Crippen MR) is 87.1 cm³/mol. The van der Waals surface area contributed by atoms with Gasteiger partial charge in [-0.25, -0.2) is 4.39 Å². The highest BCUT2D eigenvalue weighted by Crippen LogP contribution is 2.28. The Balaban J connectivity index is 2.05. The van der Waals surface area contributed by atoms with Crippen LogP contribution < -0.4 is 5.32 Å². The number of halogens is 1. The topological polar surface area (TPSA) is 21.3 Å². The number of thiophene rings is 1. The molecule has 1 atom stereocenters. The van der Waals surface area contributed by atoms with Gasteiger partial charge in [0, 0.05) is 30.1 Å². The average Bonchev–Trinajstić information content (AvgIpc) is 3.00. The number of benzene rings is 1. The molecule has 21 heavy (non-hydrogen) atoms. The van der Waals surface area contributed by atoms with Crippen molar-refractivity contribution in [3.63, 3.8) is 0 Å². The molecule has 0 aliphatic rings. The second-order valence-corrected chi connectivity index (χ2v) is 6.06. The van der Waals surface area contributed by atoms with Gasteiger partial charge in [0.2, 0.25) is 0 Å². The highest BCUT2D eigenvalue weighted by Gasteiger charge is 2.10. The van der Waals surface area contributed by atoms with Crippen molar-refractivity contribution in [1.82, 2.24) is 5.32 Å². The molecule has 0 amide bonds. The molecule has 1 aromatic heterocycles. The van der Waals surface area contributed by atoms with Crippen molar-refractivity contribution >= 4 is 11.3 Å². The van der Waals surface area contributed by atoms with E-state index in [0.717, 1.165) is 29.8 Å². The zero-order chi connectivity index (χ0) is 15.1. The summed E-state index contributed by atoms with van der Waals surface area (Å²) in [4.78, 5) is 0.969. The van der Waals surface area contributed by atoms with Gasteiger partial charge < -0.3 is 10.1 Å². The summed E-state index contributed by atoms with van der Waals surface area (Å²) in [5.41, 5.74) is 1.78. The third-order valence-corrected chi connectivity index (χ3v) is 4.32. The lowest BCUT2D eigenvalue weighted by molar-refractivity contribution is 0.161. The van der Waals surface area contributed by atoms with Crippen LogP contribution in [0.2, 0.25) is 0 Å². The van der Waals surface area contributed by atoms with Crippen LogP contribution in [-0.4, -0.2) is 19.8 Å². The molecule has 1 N–H and O–H groups in total. The fraction of sp³-hybridized carbons (Fsp3) is 0.412. The van der Waals surface area contributed by atoms with E-state index >= 15 is 0 Å². The minimum absolute atomic E-state index is 0.164. The molecule has 0 aliphatic carbocycles. The van der Waals surface area contributed by atoms with Gasteiger partial charge in [0.15, 0.2) is 0 Å². The number of ether oxygens (including phenoxy) is 1. The molecule has 1 heterocycles. The second-order valence-electron chi connectivity index (χ2n) is 5.11. The van der Waals surface area contributed by atoms with Gasteiger partial charge in [0.1, 0.15) is 5.82 Å². The van der Waals surface area contributed by atoms with Crippen molar-refractivity contribution in [2.75, 3.05) is 13.7 Å². The van der Waals surface area contributed by atoms with Crippen molar-refractivity contribution < 1.29 is 9.13 Å². The Hall–Kier alpha value is -1.23. The molecule has 1 unspecified atom stereocenters. The Morgan fingerprint density at radius 3 is 2.86 bits per heavy atom. The molecule has 0 radical (unpaired) electrons. The highest BCUT2D eigenvalue weighted by molar-refractivity contribution is 7.13. The van der Waals surface area contributed by atoms with E-state index in [1.807, 2.05) is 29.6 Å². The van der Waals surface area contributed by atoms with Crippen molar-refractivity contribution in [3.8, 4) is 10.4 Å². The summed E-state index contributed by atoms with van der Waals surface area (Å²) in [5, 5.41) is 5.45. The lowest BCUT2D eigenvalue weighted by Gasteiger charge is -2.17. The Morgan fingerprint density at radius 1 is 1.33 bits per heavy atom. The quantitative estimate of drug-likeness (QED) is 0.777. The zero-order valence-corrected chi connectivity index (χ0v) is 13.4. The monoisotopic (exact) mass is 307 g/mol. The van der Waals surface area contributed by atoms with Crippen LogP contribution in [0.25, 0.3) is 10.4 Å². The number of hydrogen-bond donors (Lipinski definition) is 1. The smallest absolute Gasteiger partial charge is 0.131 e. The van der Waals surface area contributed by atoms with Gasteiger partial charge in [0.25, 0.3) is 0 Å². The van der Waals surface area contributed by atoms with E-state index in [1.165, 1.54) is 0 Å². The zero-order valence-electron chi connectivity index (χ0n) is 12.6. The van der Waals surface area contributed by atoms with Gasteiger partial charge in [-0.15, -0.1) is 11.3 Å². The summed E-state index contributed by atoms with van der Waals surface area (Å²) in [5.74, 6) is -0.164. The number of rotatable bonds is 8.